The van der Waals surface area contributed by atoms with Crippen LogP contribution in [0, 0.1) is 3.57 Å². The van der Waals surface area contributed by atoms with E-state index in [0.717, 1.165) is 9.86 Å². The summed E-state index contributed by atoms with van der Waals surface area (Å²) in [6.45, 7) is 0. The van der Waals surface area contributed by atoms with E-state index in [0.29, 0.717) is 0 Å². The van der Waals surface area contributed by atoms with Crippen molar-refractivity contribution in [2.24, 2.45) is 0 Å². The zero-order valence-electron chi connectivity index (χ0n) is 8.76. The van der Waals surface area contributed by atoms with E-state index in [1.54, 1.807) is 23.1 Å². The summed E-state index contributed by atoms with van der Waals surface area (Å²) in [5, 5.41) is 0. The first-order chi connectivity index (χ1) is 8.31. The van der Waals surface area contributed by atoms with Crippen LogP contribution in [-0.2, 0) is 0 Å². The SMILES string of the molecule is Ic1cccc(Sc2nc3ccccc3s2)c1. The highest BCUT2D eigenvalue weighted by molar-refractivity contribution is 14.1. The third-order valence-electron chi connectivity index (χ3n) is 2.28. The Morgan fingerprint density at radius 1 is 1.06 bits per heavy atom. The van der Waals surface area contributed by atoms with Gasteiger partial charge in [0.15, 0.2) is 4.34 Å². The van der Waals surface area contributed by atoms with Crippen LogP contribution in [0.1, 0.15) is 0 Å². The molecule has 0 fully saturated rings. The number of aromatic nitrogens is 1. The highest BCUT2D eigenvalue weighted by Crippen LogP contribution is 2.34. The molecule has 2 aromatic carbocycles. The number of thiazole rings is 1. The molecule has 3 aromatic rings. The fourth-order valence-corrected chi connectivity index (χ4v) is 4.38. The van der Waals surface area contributed by atoms with Gasteiger partial charge in [0.2, 0.25) is 0 Å². The molecule has 1 nitrogen and oxygen atoms in total. The molecule has 0 aliphatic heterocycles. The highest BCUT2D eigenvalue weighted by atomic mass is 127. The normalized spacial score (nSPS) is 10.9. The molecule has 0 aliphatic carbocycles. The van der Waals surface area contributed by atoms with Crippen LogP contribution in [0.4, 0.5) is 0 Å². The average Bonchev–Trinajstić information content (AvgIpc) is 2.71. The van der Waals surface area contributed by atoms with Crippen LogP contribution in [0.2, 0.25) is 0 Å². The molecule has 0 atom stereocenters. The lowest BCUT2D eigenvalue weighted by Gasteiger charge is -1.97. The number of benzene rings is 2. The minimum Gasteiger partial charge on any atom is -0.229 e. The Morgan fingerprint density at radius 3 is 2.76 bits per heavy atom. The zero-order chi connectivity index (χ0) is 11.7. The first kappa shape index (κ1) is 11.5. The maximum atomic E-state index is 4.62. The maximum Gasteiger partial charge on any atom is 0.155 e. The standard InChI is InChI=1S/C13H8INS2/c14-9-4-3-5-10(8-9)16-13-15-11-6-1-2-7-12(11)17-13/h1-8H. The molecule has 0 aliphatic rings. The van der Waals surface area contributed by atoms with E-state index in [2.05, 4.69) is 70.0 Å². The van der Waals surface area contributed by atoms with Crippen molar-refractivity contribution in [3.05, 3.63) is 52.1 Å². The predicted octanol–water partition coefficient (Wildman–Crippen LogP) is 5.05. The summed E-state index contributed by atoms with van der Waals surface area (Å²) in [7, 11) is 0. The second-order valence-corrected chi connectivity index (χ2v) is 7.10. The summed E-state index contributed by atoms with van der Waals surface area (Å²) in [6.07, 6.45) is 0. The van der Waals surface area contributed by atoms with E-state index in [4.69, 9.17) is 0 Å². The molecule has 0 radical (unpaired) electrons. The van der Waals surface area contributed by atoms with Crippen LogP contribution in [-0.4, -0.2) is 4.98 Å². The second kappa shape index (κ2) is 4.96. The van der Waals surface area contributed by atoms with Gasteiger partial charge in [0, 0.05) is 8.47 Å². The van der Waals surface area contributed by atoms with Crippen LogP contribution in [0.5, 0.6) is 0 Å². The number of fused-ring (bicyclic) bond motifs is 1. The van der Waals surface area contributed by atoms with Gasteiger partial charge in [0.1, 0.15) is 0 Å². The van der Waals surface area contributed by atoms with E-state index >= 15 is 0 Å². The van der Waals surface area contributed by atoms with Gasteiger partial charge in [-0.25, -0.2) is 4.98 Å². The number of para-hydroxylation sites is 1. The quantitative estimate of drug-likeness (QED) is 0.586. The number of nitrogens with zero attached hydrogens (tertiary/aromatic N) is 1. The van der Waals surface area contributed by atoms with Crippen LogP contribution < -0.4 is 0 Å². The van der Waals surface area contributed by atoms with Crippen molar-refractivity contribution in [1.29, 1.82) is 0 Å². The van der Waals surface area contributed by atoms with Gasteiger partial charge in [-0.15, -0.1) is 11.3 Å². The van der Waals surface area contributed by atoms with Crippen molar-refractivity contribution in [3.63, 3.8) is 0 Å². The van der Waals surface area contributed by atoms with Crippen molar-refractivity contribution >= 4 is 55.9 Å². The third kappa shape index (κ3) is 2.64. The zero-order valence-corrected chi connectivity index (χ0v) is 12.6. The molecular formula is C13H8INS2. The Kier molecular flexibility index (Phi) is 3.35. The molecule has 0 saturated carbocycles. The lowest BCUT2D eigenvalue weighted by molar-refractivity contribution is 1.29. The summed E-state index contributed by atoms with van der Waals surface area (Å²) in [5.41, 5.74) is 1.09. The summed E-state index contributed by atoms with van der Waals surface area (Å²) in [5.74, 6) is 0. The summed E-state index contributed by atoms with van der Waals surface area (Å²) in [4.78, 5) is 5.86. The molecule has 0 N–H and O–H groups in total. The first-order valence-electron chi connectivity index (χ1n) is 5.10. The van der Waals surface area contributed by atoms with Gasteiger partial charge in [0.05, 0.1) is 10.2 Å². The summed E-state index contributed by atoms with van der Waals surface area (Å²) in [6, 6.07) is 16.7. The average molecular weight is 369 g/mol. The number of hydrogen-bond acceptors (Lipinski definition) is 3. The molecule has 0 saturated heterocycles. The van der Waals surface area contributed by atoms with E-state index in [1.165, 1.54) is 13.2 Å². The van der Waals surface area contributed by atoms with Crippen molar-refractivity contribution in [3.8, 4) is 0 Å². The molecule has 0 bridgehead atoms. The van der Waals surface area contributed by atoms with Crippen molar-refractivity contribution in [2.75, 3.05) is 0 Å². The summed E-state index contributed by atoms with van der Waals surface area (Å²) >= 11 is 5.81. The van der Waals surface area contributed by atoms with E-state index in [1.807, 2.05) is 6.07 Å². The molecule has 1 heterocycles. The largest absolute Gasteiger partial charge is 0.229 e. The smallest absolute Gasteiger partial charge is 0.155 e. The van der Waals surface area contributed by atoms with Gasteiger partial charge in [-0.1, -0.05) is 30.0 Å². The predicted molar refractivity (Wildman–Crippen MR) is 82.9 cm³/mol. The van der Waals surface area contributed by atoms with E-state index in [9.17, 15) is 0 Å². The molecular weight excluding hydrogens is 361 g/mol. The van der Waals surface area contributed by atoms with E-state index in [-0.39, 0.29) is 0 Å². The molecule has 4 heteroatoms. The lowest BCUT2D eigenvalue weighted by Crippen LogP contribution is -1.74. The van der Waals surface area contributed by atoms with E-state index < -0.39 is 0 Å². The van der Waals surface area contributed by atoms with Gasteiger partial charge < -0.3 is 0 Å². The molecule has 1 aromatic heterocycles. The van der Waals surface area contributed by atoms with Gasteiger partial charge in [-0.2, -0.15) is 0 Å². The van der Waals surface area contributed by atoms with Gasteiger partial charge in [-0.3, -0.25) is 0 Å². The first-order valence-corrected chi connectivity index (χ1v) is 7.81. The minimum atomic E-state index is 1.09. The molecule has 0 unspecified atom stereocenters. The monoisotopic (exact) mass is 369 g/mol. The molecule has 3 rings (SSSR count). The Hall–Kier alpha value is -0.590. The maximum absolute atomic E-state index is 4.62. The molecule has 84 valence electrons. The molecule has 0 spiro atoms. The third-order valence-corrected chi connectivity index (χ3v) is 5.03. The topological polar surface area (TPSA) is 12.9 Å². The molecule has 17 heavy (non-hydrogen) atoms. The minimum absolute atomic E-state index is 1.09. The van der Waals surface area contributed by atoms with Crippen LogP contribution in [0.25, 0.3) is 10.2 Å². The Bertz CT molecular complexity index is 630. The number of hydrogen-bond donors (Lipinski definition) is 0. The van der Waals surface area contributed by atoms with Gasteiger partial charge in [-0.05, 0) is 52.9 Å². The highest BCUT2D eigenvalue weighted by Gasteiger charge is 2.04. The van der Waals surface area contributed by atoms with Crippen molar-refractivity contribution in [2.45, 2.75) is 9.24 Å². The lowest BCUT2D eigenvalue weighted by atomic mass is 10.3. The van der Waals surface area contributed by atoms with Gasteiger partial charge in [0.25, 0.3) is 0 Å². The van der Waals surface area contributed by atoms with Crippen molar-refractivity contribution < 1.29 is 0 Å². The Labute approximate surface area is 121 Å². The van der Waals surface area contributed by atoms with Gasteiger partial charge >= 0.3 is 0 Å². The number of rotatable bonds is 2. The summed E-state index contributed by atoms with van der Waals surface area (Å²) < 4.78 is 3.61. The van der Waals surface area contributed by atoms with Crippen LogP contribution in [0.3, 0.4) is 0 Å². The fourth-order valence-electron chi connectivity index (χ4n) is 1.53. The fraction of sp³-hybridized carbons (Fsp3) is 0. The second-order valence-electron chi connectivity index (χ2n) is 3.51. The Balaban J connectivity index is 1.94. The molecule has 0 amide bonds. The van der Waals surface area contributed by atoms with Crippen LogP contribution >= 0.6 is 45.7 Å². The van der Waals surface area contributed by atoms with Crippen LogP contribution in [0.15, 0.2) is 57.8 Å². The van der Waals surface area contributed by atoms with Crippen molar-refractivity contribution in [1.82, 2.24) is 4.98 Å². The number of halogens is 1. The Morgan fingerprint density at radius 2 is 1.94 bits per heavy atom.